The summed E-state index contributed by atoms with van der Waals surface area (Å²) >= 11 is 0. The lowest BCUT2D eigenvalue weighted by atomic mass is 10.1. The average molecular weight is 157 g/mol. The van der Waals surface area contributed by atoms with Crippen molar-refractivity contribution in [2.45, 2.75) is 45.8 Å². The van der Waals surface area contributed by atoms with Crippen LogP contribution >= 0.6 is 0 Å². The van der Waals surface area contributed by atoms with Crippen LogP contribution in [0.25, 0.3) is 0 Å². The van der Waals surface area contributed by atoms with Crippen molar-refractivity contribution in [1.82, 2.24) is 0 Å². The molecule has 0 aromatic rings. The van der Waals surface area contributed by atoms with E-state index in [4.69, 9.17) is 5.73 Å². The van der Waals surface area contributed by atoms with Gasteiger partial charge in [0.15, 0.2) is 0 Å². The molecule has 2 nitrogen and oxygen atoms in total. The van der Waals surface area contributed by atoms with Gasteiger partial charge in [-0.25, -0.2) is 0 Å². The maximum Gasteiger partial charge on any atom is 0.0738 e. The van der Waals surface area contributed by atoms with Crippen molar-refractivity contribution in [2.75, 3.05) is 0 Å². The lowest BCUT2D eigenvalue weighted by Crippen LogP contribution is -2.24. The maximum absolute atomic E-state index is 9.36. The molecular formula is C9H19NO. The van der Waals surface area contributed by atoms with E-state index in [1.165, 1.54) is 0 Å². The largest absolute Gasteiger partial charge is 0.389 e. The molecule has 0 radical (unpaired) electrons. The highest BCUT2D eigenvalue weighted by molar-refractivity contribution is 4.98. The van der Waals surface area contributed by atoms with Crippen LogP contribution in [0.3, 0.4) is 0 Å². The first-order valence-electron chi connectivity index (χ1n) is 4.15. The first-order chi connectivity index (χ1) is 5.06. The predicted molar refractivity (Wildman–Crippen MR) is 48.3 cm³/mol. The van der Waals surface area contributed by atoms with Crippen LogP contribution in [-0.4, -0.2) is 17.3 Å². The Morgan fingerprint density at radius 1 is 1.55 bits per heavy atom. The average Bonchev–Trinajstić information content (AvgIpc) is 1.85. The highest BCUT2D eigenvalue weighted by Crippen LogP contribution is 2.03. The molecular weight excluding hydrogens is 138 g/mol. The molecule has 2 atom stereocenters. The van der Waals surface area contributed by atoms with Gasteiger partial charge in [0.1, 0.15) is 0 Å². The first-order valence-corrected chi connectivity index (χ1v) is 4.15. The minimum Gasteiger partial charge on any atom is -0.389 e. The molecule has 3 N–H and O–H groups in total. The molecule has 0 aliphatic heterocycles. The third kappa shape index (κ3) is 6.07. The van der Waals surface area contributed by atoms with Crippen LogP contribution in [0.5, 0.6) is 0 Å². The van der Waals surface area contributed by atoms with Gasteiger partial charge in [0.2, 0.25) is 0 Å². The van der Waals surface area contributed by atoms with Crippen LogP contribution in [0, 0.1) is 0 Å². The second-order valence-electron chi connectivity index (χ2n) is 3.22. The van der Waals surface area contributed by atoms with Gasteiger partial charge < -0.3 is 10.8 Å². The highest BCUT2D eigenvalue weighted by Gasteiger charge is 2.05. The van der Waals surface area contributed by atoms with E-state index in [9.17, 15) is 5.11 Å². The summed E-state index contributed by atoms with van der Waals surface area (Å²) in [5.74, 6) is 0. The fraction of sp³-hybridized carbons (Fsp3) is 0.778. The van der Waals surface area contributed by atoms with Crippen molar-refractivity contribution < 1.29 is 5.11 Å². The zero-order valence-corrected chi connectivity index (χ0v) is 7.67. The van der Waals surface area contributed by atoms with E-state index < -0.39 is 0 Å². The molecule has 0 amide bonds. The molecule has 0 bridgehead atoms. The summed E-state index contributed by atoms with van der Waals surface area (Å²) in [6, 6.07) is 0.126. The second-order valence-corrected chi connectivity index (χ2v) is 3.22. The van der Waals surface area contributed by atoms with Gasteiger partial charge in [0, 0.05) is 6.04 Å². The highest BCUT2D eigenvalue weighted by atomic mass is 16.3. The Labute approximate surface area is 69.1 Å². The lowest BCUT2D eigenvalue weighted by Gasteiger charge is -2.11. The number of allylic oxidation sites excluding steroid dienone is 1. The molecule has 0 spiro atoms. The summed E-state index contributed by atoms with van der Waals surface area (Å²) in [4.78, 5) is 0. The van der Waals surface area contributed by atoms with Crippen molar-refractivity contribution in [3.63, 3.8) is 0 Å². The topological polar surface area (TPSA) is 46.2 Å². The molecule has 0 fully saturated rings. The number of aliphatic hydroxyl groups excluding tert-OH is 1. The van der Waals surface area contributed by atoms with Crippen molar-refractivity contribution >= 4 is 0 Å². The summed E-state index contributed by atoms with van der Waals surface area (Å²) in [5.41, 5.74) is 6.80. The van der Waals surface area contributed by atoms with Gasteiger partial charge in [-0.05, 0) is 26.7 Å². The molecule has 0 aromatic heterocycles. The molecule has 0 aromatic carbocycles. The number of hydrogen-bond donors (Lipinski definition) is 2. The van der Waals surface area contributed by atoms with E-state index in [0.29, 0.717) is 6.42 Å². The SMILES string of the molecule is CCC(N)CC(O)C=C(C)C. The summed E-state index contributed by atoms with van der Waals surface area (Å²) < 4.78 is 0. The van der Waals surface area contributed by atoms with Gasteiger partial charge in [-0.1, -0.05) is 18.6 Å². The first kappa shape index (κ1) is 10.7. The molecule has 11 heavy (non-hydrogen) atoms. The summed E-state index contributed by atoms with van der Waals surface area (Å²) in [5, 5.41) is 9.36. The summed E-state index contributed by atoms with van der Waals surface area (Å²) in [6.07, 6.45) is 3.07. The molecule has 0 aliphatic rings. The monoisotopic (exact) mass is 157 g/mol. The van der Waals surface area contributed by atoms with Gasteiger partial charge in [-0.3, -0.25) is 0 Å². The van der Waals surface area contributed by atoms with E-state index in [1.54, 1.807) is 0 Å². The Balaban J connectivity index is 3.69. The van der Waals surface area contributed by atoms with Crippen molar-refractivity contribution in [1.29, 1.82) is 0 Å². The Kier molecular flexibility index (Phi) is 5.16. The number of aliphatic hydroxyl groups is 1. The predicted octanol–water partition coefficient (Wildman–Crippen LogP) is 1.44. The Bertz CT molecular complexity index is 128. The van der Waals surface area contributed by atoms with Gasteiger partial charge in [0.05, 0.1) is 6.10 Å². The fourth-order valence-corrected chi connectivity index (χ4v) is 0.930. The number of nitrogens with two attached hydrogens (primary N) is 1. The Morgan fingerprint density at radius 3 is 2.45 bits per heavy atom. The van der Waals surface area contributed by atoms with E-state index in [2.05, 4.69) is 0 Å². The maximum atomic E-state index is 9.36. The van der Waals surface area contributed by atoms with Gasteiger partial charge in [-0.2, -0.15) is 0 Å². The van der Waals surface area contributed by atoms with Crippen LogP contribution in [0.15, 0.2) is 11.6 Å². The minimum absolute atomic E-state index is 0.126. The van der Waals surface area contributed by atoms with E-state index in [0.717, 1.165) is 12.0 Å². The van der Waals surface area contributed by atoms with E-state index >= 15 is 0 Å². The zero-order chi connectivity index (χ0) is 8.85. The molecule has 2 heteroatoms. The van der Waals surface area contributed by atoms with Crippen LogP contribution in [0.2, 0.25) is 0 Å². The number of rotatable bonds is 4. The van der Waals surface area contributed by atoms with Gasteiger partial charge in [-0.15, -0.1) is 0 Å². The normalized spacial score (nSPS) is 15.7. The Hall–Kier alpha value is -0.340. The van der Waals surface area contributed by atoms with Crippen molar-refractivity contribution in [3.8, 4) is 0 Å². The summed E-state index contributed by atoms with van der Waals surface area (Å²) in [7, 11) is 0. The summed E-state index contributed by atoms with van der Waals surface area (Å²) in [6.45, 7) is 5.97. The molecule has 0 aliphatic carbocycles. The quantitative estimate of drug-likeness (QED) is 0.607. The van der Waals surface area contributed by atoms with Crippen LogP contribution in [0.4, 0.5) is 0 Å². The van der Waals surface area contributed by atoms with E-state index in [1.807, 2.05) is 26.8 Å². The van der Waals surface area contributed by atoms with Crippen LogP contribution in [0.1, 0.15) is 33.6 Å². The van der Waals surface area contributed by atoms with Crippen LogP contribution < -0.4 is 5.73 Å². The van der Waals surface area contributed by atoms with Crippen molar-refractivity contribution in [2.24, 2.45) is 5.73 Å². The van der Waals surface area contributed by atoms with Crippen molar-refractivity contribution in [3.05, 3.63) is 11.6 Å². The van der Waals surface area contributed by atoms with Gasteiger partial charge >= 0.3 is 0 Å². The lowest BCUT2D eigenvalue weighted by molar-refractivity contribution is 0.200. The standard InChI is InChI=1S/C9H19NO/c1-4-8(10)6-9(11)5-7(2)3/h5,8-9,11H,4,6,10H2,1-3H3. The van der Waals surface area contributed by atoms with Gasteiger partial charge in [0.25, 0.3) is 0 Å². The molecule has 0 rings (SSSR count). The molecule has 0 saturated heterocycles. The number of hydrogen-bond acceptors (Lipinski definition) is 2. The second kappa shape index (κ2) is 5.33. The molecule has 66 valence electrons. The Morgan fingerprint density at radius 2 is 2.09 bits per heavy atom. The van der Waals surface area contributed by atoms with E-state index in [-0.39, 0.29) is 12.1 Å². The minimum atomic E-state index is -0.366. The fourth-order valence-electron chi connectivity index (χ4n) is 0.930. The van der Waals surface area contributed by atoms with Crippen LogP contribution in [-0.2, 0) is 0 Å². The zero-order valence-electron chi connectivity index (χ0n) is 7.67. The third-order valence-corrected chi connectivity index (χ3v) is 1.59. The molecule has 0 heterocycles. The molecule has 0 saturated carbocycles. The third-order valence-electron chi connectivity index (χ3n) is 1.59. The molecule has 2 unspecified atom stereocenters. The smallest absolute Gasteiger partial charge is 0.0738 e.